The molecule has 80 valence electrons. The number of aryl methyl sites for hydroxylation is 1. The Hall–Kier alpha value is -1.64. The molecule has 0 aromatic carbocycles. The molecular weight excluding hydrogens is 190 g/mol. The summed E-state index contributed by atoms with van der Waals surface area (Å²) >= 11 is 0. The van der Waals surface area contributed by atoms with Crippen LogP contribution in [0.5, 0.6) is 0 Å². The molecule has 0 aliphatic heterocycles. The first kappa shape index (κ1) is 11.4. The van der Waals surface area contributed by atoms with E-state index in [1.807, 2.05) is 26.0 Å². The largest absolute Gasteiger partial charge is 0.490 e. The first-order valence-electron chi connectivity index (χ1n) is 4.91. The fourth-order valence-corrected chi connectivity index (χ4v) is 1.21. The van der Waals surface area contributed by atoms with Crippen molar-refractivity contribution < 1.29 is 9.53 Å². The van der Waals surface area contributed by atoms with Crippen molar-refractivity contribution in [3.8, 4) is 0 Å². The standard InChI is InChI=1S/C12H15NO2/c1-4-15-12(10(3)14)8-11-5-6-13-9(2)7-11/h5-8H,4H2,1-3H3/b12-8+. The number of rotatable bonds is 4. The Morgan fingerprint density at radius 2 is 2.33 bits per heavy atom. The number of carbonyl (C=O) groups excluding carboxylic acids is 1. The van der Waals surface area contributed by atoms with Crippen LogP contribution in [0.3, 0.4) is 0 Å². The Bertz CT molecular complexity index is 383. The second-order valence-corrected chi connectivity index (χ2v) is 3.23. The summed E-state index contributed by atoms with van der Waals surface area (Å²) in [5.74, 6) is 0.328. The molecule has 0 N–H and O–H groups in total. The number of ether oxygens (including phenoxy) is 1. The lowest BCUT2D eigenvalue weighted by Gasteiger charge is -2.04. The third kappa shape index (κ3) is 3.54. The molecule has 15 heavy (non-hydrogen) atoms. The summed E-state index contributed by atoms with van der Waals surface area (Å²) in [5, 5.41) is 0. The summed E-state index contributed by atoms with van der Waals surface area (Å²) < 4.78 is 5.24. The van der Waals surface area contributed by atoms with Crippen LogP contribution in [-0.2, 0) is 9.53 Å². The number of aromatic nitrogens is 1. The molecule has 0 bridgehead atoms. The molecule has 1 heterocycles. The van der Waals surface area contributed by atoms with Gasteiger partial charge in [-0.05, 0) is 37.6 Å². The van der Waals surface area contributed by atoms with Crippen molar-refractivity contribution in [1.29, 1.82) is 0 Å². The van der Waals surface area contributed by atoms with Crippen LogP contribution in [0.15, 0.2) is 24.1 Å². The third-order valence-electron chi connectivity index (χ3n) is 1.87. The zero-order valence-corrected chi connectivity index (χ0v) is 9.28. The van der Waals surface area contributed by atoms with Crippen molar-refractivity contribution >= 4 is 11.9 Å². The highest BCUT2D eigenvalue weighted by Crippen LogP contribution is 2.09. The van der Waals surface area contributed by atoms with E-state index in [9.17, 15) is 4.79 Å². The maximum atomic E-state index is 11.2. The molecule has 0 fully saturated rings. The normalized spacial score (nSPS) is 11.3. The molecule has 0 spiro atoms. The fourth-order valence-electron chi connectivity index (χ4n) is 1.21. The molecule has 0 amide bonds. The van der Waals surface area contributed by atoms with Crippen molar-refractivity contribution in [3.63, 3.8) is 0 Å². The van der Waals surface area contributed by atoms with Gasteiger partial charge >= 0.3 is 0 Å². The topological polar surface area (TPSA) is 39.2 Å². The highest BCUT2D eigenvalue weighted by atomic mass is 16.5. The van der Waals surface area contributed by atoms with E-state index in [0.717, 1.165) is 11.3 Å². The van der Waals surface area contributed by atoms with Crippen LogP contribution in [0.25, 0.3) is 6.08 Å². The van der Waals surface area contributed by atoms with Crippen molar-refractivity contribution in [1.82, 2.24) is 4.98 Å². The maximum Gasteiger partial charge on any atom is 0.194 e. The van der Waals surface area contributed by atoms with E-state index in [1.165, 1.54) is 6.92 Å². The summed E-state index contributed by atoms with van der Waals surface area (Å²) in [4.78, 5) is 15.3. The van der Waals surface area contributed by atoms with Crippen LogP contribution in [-0.4, -0.2) is 17.4 Å². The summed E-state index contributed by atoms with van der Waals surface area (Å²) in [7, 11) is 0. The zero-order chi connectivity index (χ0) is 11.3. The predicted molar refractivity (Wildman–Crippen MR) is 59.3 cm³/mol. The lowest BCUT2D eigenvalue weighted by molar-refractivity contribution is -0.116. The van der Waals surface area contributed by atoms with Gasteiger partial charge in [-0.25, -0.2) is 0 Å². The van der Waals surface area contributed by atoms with Gasteiger partial charge in [-0.1, -0.05) is 0 Å². The molecule has 0 aliphatic rings. The number of ketones is 1. The Morgan fingerprint density at radius 3 is 2.87 bits per heavy atom. The minimum Gasteiger partial charge on any atom is -0.490 e. The van der Waals surface area contributed by atoms with Gasteiger partial charge in [0.2, 0.25) is 0 Å². The number of nitrogens with zero attached hydrogens (tertiary/aromatic N) is 1. The quantitative estimate of drug-likeness (QED) is 0.559. The van der Waals surface area contributed by atoms with Crippen molar-refractivity contribution in [2.45, 2.75) is 20.8 Å². The van der Waals surface area contributed by atoms with Crippen LogP contribution in [0.4, 0.5) is 0 Å². The van der Waals surface area contributed by atoms with Gasteiger partial charge in [0, 0.05) is 18.8 Å². The lowest BCUT2D eigenvalue weighted by atomic mass is 10.2. The maximum absolute atomic E-state index is 11.2. The first-order valence-corrected chi connectivity index (χ1v) is 4.91. The van der Waals surface area contributed by atoms with Crippen LogP contribution in [0.1, 0.15) is 25.1 Å². The monoisotopic (exact) mass is 205 g/mol. The van der Waals surface area contributed by atoms with Gasteiger partial charge in [0.15, 0.2) is 11.5 Å². The highest BCUT2D eigenvalue weighted by Gasteiger charge is 2.04. The SMILES string of the molecule is CCO/C(=C/c1ccnc(C)c1)C(C)=O. The van der Waals surface area contributed by atoms with Crippen LogP contribution in [0, 0.1) is 6.92 Å². The van der Waals surface area contributed by atoms with Gasteiger partial charge in [-0.2, -0.15) is 0 Å². The van der Waals surface area contributed by atoms with Crippen molar-refractivity contribution in [2.24, 2.45) is 0 Å². The number of pyridine rings is 1. The molecule has 3 nitrogen and oxygen atoms in total. The summed E-state index contributed by atoms with van der Waals surface area (Å²) in [6, 6.07) is 3.75. The Balaban J connectivity index is 2.96. The van der Waals surface area contributed by atoms with E-state index in [2.05, 4.69) is 4.98 Å². The smallest absolute Gasteiger partial charge is 0.194 e. The Kier molecular flexibility index (Phi) is 4.03. The van der Waals surface area contributed by atoms with E-state index in [-0.39, 0.29) is 5.78 Å². The first-order chi connectivity index (χ1) is 7.13. The van der Waals surface area contributed by atoms with E-state index >= 15 is 0 Å². The predicted octanol–water partition coefficient (Wildman–Crippen LogP) is 2.36. The molecule has 0 unspecified atom stereocenters. The Labute approximate surface area is 89.8 Å². The molecule has 0 atom stereocenters. The summed E-state index contributed by atoms with van der Waals surface area (Å²) in [6.07, 6.45) is 3.45. The molecule has 0 saturated carbocycles. The van der Waals surface area contributed by atoms with E-state index in [4.69, 9.17) is 4.74 Å². The second kappa shape index (κ2) is 5.29. The molecule has 0 radical (unpaired) electrons. The molecular formula is C12H15NO2. The van der Waals surface area contributed by atoms with Crippen molar-refractivity contribution in [3.05, 3.63) is 35.3 Å². The molecule has 1 aromatic rings. The van der Waals surface area contributed by atoms with Crippen LogP contribution < -0.4 is 0 Å². The number of allylic oxidation sites excluding steroid dienone is 1. The third-order valence-corrected chi connectivity index (χ3v) is 1.87. The van der Waals surface area contributed by atoms with Gasteiger partial charge in [0.1, 0.15) is 0 Å². The molecule has 0 aliphatic carbocycles. The molecule has 1 rings (SSSR count). The van der Waals surface area contributed by atoms with E-state index in [1.54, 1.807) is 12.3 Å². The minimum atomic E-state index is -0.0636. The van der Waals surface area contributed by atoms with E-state index < -0.39 is 0 Å². The second-order valence-electron chi connectivity index (χ2n) is 3.23. The van der Waals surface area contributed by atoms with Crippen molar-refractivity contribution in [2.75, 3.05) is 6.61 Å². The summed E-state index contributed by atoms with van der Waals surface area (Å²) in [5.41, 5.74) is 1.85. The minimum absolute atomic E-state index is 0.0636. The molecule has 3 heteroatoms. The van der Waals surface area contributed by atoms with Gasteiger partial charge < -0.3 is 4.74 Å². The zero-order valence-electron chi connectivity index (χ0n) is 9.28. The van der Waals surface area contributed by atoms with Crippen LogP contribution >= 0.6 is 0 Å². The average Bonchev–Trinajstić information content (AvgIpc) is 2.17. The fraction of sp³-hybridized carbons (Fsp3) is 0.333. The van der Waals surface area contributed by atoms with Gasteiger partial charge in [-0.3, -0.25) is 9.78 Å². The lowest BCUT2D eigenvalue weighted by Crippen LogP contribution is -2.01. The highest BCUT2D eigenvalue weighted by molar-refractivity contribution is 5.95. The average molecular weight is 205 g/mol. The number of hydrogen-bond donors (Lipinski definition) is 0. The number of carbonyl (C=O) groups is 1. The molecule has 1 aromatic heterocycles. The number of Topliss-reactive ketones (excluding diaryl/α,β-unsaturated/α-hetero) is 1. The van der Waals surface area contributed by atoms with Gasteiger partial charge in [0.05, 0.1) is 6.61 Å². The summed E-state index contributed by atoms with van der Waals surface area (Å²) in [6.45, 7) is 5.76. The van der Waals surface area contributed by atoms with E-state index in [0.29, 0.717) is 12.4 Å². The van der Waals surface area contributed by atoms with Gasteiger partial charge in [-0.15, -0.1) is 0 Å². The van der Waals surface area contributed by atoms with Gasteiger partial charge in [0.25, 0.3) is 0 Å². The van der Waals surface area contributed by atoms with Crippen LogP contribution in [0.2, 0.25) is 0 Å². The molecule has 0 saturated heterocycles. The Morgan fingerprint density at radius 1 is 1.60 bits per heavy atom. The number of hydrogen-bond acceptors (Lipinski definition) is 3.